The number of amides is 1. The summed E-state index contributed by atoms with van der Waals surface area (Å²) in [7, 11) is 0. The summed E-state index contributed by atoms with van der Waals surface area (Å²) in [5.74, 6) is 0.0380. The Hall–Kier alpha value is -1.86. The first-order chi connectivity index (χ1) is 9.06. The van der Waals surface area contributed by atoms with Crippen molar-refractivity contribution >= 4 is 5.91 Å². The van der Waals surface area contributed by atoms with Crippen molar-refractivity contribution in [1.29, 1.82) is 5.26 Å². The van der Waals surface area contributed by atoms with E-state index in [0.717, 1.165) is 5.56 Å². The second kappa shape index (κ2) is 7.55. The van der Waals surface area contributed by atoms with E-state index < -0.39 is 0 Å². The monoisotopic (exact) mass is 260 g/mol. The van der Waals surface area contributed by atoms with Crippen molar-refractivity contribution in [3.05, 3.63) is 35.4 Å². The molecule has 0 aliphatic rings. The molecule has 1 aromatic rings. The topological polar surface area (TPSA) is 73.1 Å². The van der Waals surface area contributed by atoms with Crippen LogP contribution in [-0.4, -0.2) is 23.7 Å². The second-order valence-corrected chi connectivity index (χ2v) is 4.82. The standard InChI is InChI=1S/C15H20N2O2/c1-11(10-18)12(2)17-15(19)8-7-13-3-5-14(9-16)6-4-13/h3-6,11-12,18H,7-8,10H2,1-2H3,(H,17,19). The lowest BCUT2D eigenvalue weighted by molar-refractivity contribution is -0.122. The minimum atomic E-state index is -0.0292. The summed E-state index contributed by atoms with van der Waals surface area (Å²) in [6, 6.07) is 9.27. The third-order valence-corrected chi connectivity index (χ3v) is 3.25. The molecule has 0 fully saturated rings. The molecule has 2 N–H and O–H groups in total. The number of aliphatic hydroxyl groups is 1. The van der Waals surface area contributed by atoms with Crippen LogP contribution in [-0.2, 0) is 11.2 Å². The first-order valence-corrected chi connectivity index (χ1v) is 6.46. The number of aryl methyl sites for hydroxylation is 1. The molecule has 0 aromatic heterocycles. The molecule has 0 spiro atoms. The Morgan fingerprint density at radius 3 is 2.53 bits per heavy atom. The maximum Gasteiger partial charge on any atom is 0.220 e. The minimum absolute atomic E-state index is 0.0165. The van der Waals surface area contributed by atoms with Gasteiger partial charge in [-0.1, -0.05) is 19.1 Å². The van der Waals surface area contributed by atoms with Gasteiger partial charge >= 0.3 is 0 Å². The first kappa shape index (κ1) is 15.2. The number of benzene rings is 1. The Kier molecular flexibility index (Phi) is 6.04. The molecule has 2 unspecified atom stereocenters. The van der Waals surface area contributed by atoms with Gasteiger partial charge in [0.1, 0.15) is 0 Å². The van der Waals surface area contributed by atoms with Crippen molar-refractivity contribution in [2.75, 3.05) is 6.61 Å². The van der Waals surface area contributed by atoms with E-state index in [9.17, 15) is 4.79 Å². The molecule has 19 heavy (non-hydrogen) atoms. The summed E-state index contributed by atoms with van der Waals surface area (Å²) in [5, 5.41) is 20.6. The van der Waals surface area contributed by atoms with E-state index in [2.05, 4.69) is 11.4 Å². The molecule has 1 rings (SSSR count). The SMILES string of the molecule is CC(CO)C(C)NC(=O)CCc1ccc(C#N)cc1. The molecular formula is C15H20N2O2. The number of hydrogen-bond acceptors (Lipinski definition) is 3. The molecule has 0 bridgehead atoms. The van der Waals surface area contributed by atoms with Crippen molar-refractivity contribution in [3.63, 3.8) is 0 Å². The van der Waals surface area contributed by atoms with Gasteiger partial charge in [-0.3, -0.25) is 4.79 Å². The highest BCUT2D eigenvalue weighted by Crippen LogP contribution is 2.07. The van der Waals surface area contributed by atoms with Crippen molar-refractivity contribution in [2.45, 2.75) is 32.7 Å². The molecule has 1 amide bonds. The smallest absolute Gasteiger partial charge is 0.220 e. The molecule has 0 saturated heterocycles. The second-order valence-electron chi connectivity index (χ2n) is 4.82. The molecule has 102 valence electrons. The first-order valence-electron chi connectivity index (χ1n) is 6.46. The summed E-state index contributed by atoms with van der Waals surface area (Å²) in [6.45, 7) is 3.85. The molecule has 4 heteroatoms. The van der Waals surface area contributed by atoms with Gasteiger partial charge in [0.25, 0.3) is 0 Å². The van der Waals surface area contributed by atoms with Crippen molar-refractivity contribution in [3.8, 4) is 6.07 Å². The maximum atomic E-state index is 11.7. The van der Waals surface area contributed by atoms with Crippen LogP contribution in [0.4, 0.5) is 0 Å². The molecule has 0 aliphatic carbocycles. The van der Waals surface area contributed by atoms with Gasteiger partial charge in [0.2, 0.25) is 5.91 Å². The predicted octanol–water partition coefficient (Wildman–Crippen LogP) is 1.62. The highest BCUT2D eigenvalue weighted by molar-refractivity contribution is 5.76. The Balaban J connectivity index is 2.39. The lowest BCUT2D eigenvalue weighted by Crippen LogP contribution is -2.38. The van der Waals surface area contributed by atoms with Gasteiger partial charge in [0, 0.05) is 19.1 Å². The van der Waals surface area contributed by atoms with Crippen LogP contribution in [0.5, 0.6) is 0 Å². The van der Waals surface area contributed by atoms with E-state index in [4.69, 9.17) is 10.4 Å². The van der Waals surface area contributed by atoms with Crippen LogP contribution in [0.25, 0.3) is 0 Å². The fourth-order valence-electron chi connectivity index (χ4n) is 1.63. The fraction of sp³-hybridized carbons (Fsp3) is 0.467. The summed E-state index contributed by atoms with van der Waals surface area (Å²) >= 11 is 0. The average Bonchev–Trinajstić information content (AvgIpc) is 2.44. The summed E-state index contributed by atoms with van der Waals surface area (Å²) < 4.78 is 0. The molecule has 0 saturated carbocycles. The number of carbonyl (C=O) groups is 1. The van der Waals surface area contributed by atoms with Crippen LogP contribution in [0, 0.1) is 17.2 Å². The van der Waals surface area contributed by atoms with Crippen LogP contribution < -0.4 is 5.32 Å². The summed E-state index contributed by atoms with van der Waals surface area (Å²) in [5.41, 5.74) is 1.66. The van der Waals surface area contributed by atoms with Gasteiger partial charge in [0.15, 0.2) is 0 Å². The zero-order valence-corrected chi connectivity index (χ0v) is 11.4. The lowest BCUT2D eigenvalue weighted by Gasteiger charge is -2.19. The third-order valence-electron chi connectivity index (χ3n) is 3.25. The molecule has 0 aliphatic heterocycles. The van der Waals surface area contributed by atoms with Crippen molar-refractivity contribution in [2.24, 2.45) is 5.92 Å². The Morgan fingerprint density at radius 1 is 1.37 bits per heavy atom. The number of rotatable bonds is 6. The van der Waals surface area contributed by atoms with Gasteiger partial charge in [-0.15, -0.1) is 0 Å². The van der Waals surface area contributed by atoms with E-state index in [-0.39, 0.29) is 24.5 Å². The number of nitrogens with zero attached hydrogens (tertiary/aromatic N) is 1. The van der Waals surface area contributed by atoms with E-state index >= 15 is 0 Å². The maximum absolute atomic E-state index is 11.7. The van der Waals surface area contributed by atoms with Gasteiger partial charge < -0.3 is 10.4 Å². The molecule has 1 aromatic carbocycles. The quantitative estimate of drug-likeness (QED) is 0.816. The Morgan fingerprint density at radius 2 is 2.00 bits per heavy atom. The van der Waals surface area contributed by atoms with Crippen LogP contribution >= 0.6 is 0 Å². The Bertz CT molecular complexity index is 448. The van der Waals surface area contributed by atoms with Gasteiger partial charge in [-0.2, -0.15) is 5.26 Å². The molecule has 0 radical (unpaired) electrons. The fourth-order valence-corrected chi connectivity index (χ4v) is 1.63. The highest BCUT2D eigenvalue weighted by Gasteiger charge is 2.13. The minimum Gasteiger partial charge on any atom is -0.396 e. The van der Waals surface area contributed by atoms with Crippen LogP contribution in [0.15, 0.2) is 24.3 Å². The van der Waals surface area contributed by atoms with Gasteiger partial charge in [-0.05, 0) is 37.0 Å². The van der Waals surface area contributed by atoms with Crippen LogP contribution in [0.1, 0.15) is 31.4 Å². The zero-order valence-electron chi connectivity index (χ0n) is 11.4. The van der Waals surface area contributed by atoms with Crippen LogP contribution in [0.2, 0.25) is 0 Å². The van der Waals surface area contributed by atoms with Crippen molar-refractivity contribution < 1.29 is 9.90 Å². The molecular weight excluding hydrogens is 240 g/mol. The molecule has 4 nitrogen and oxygen atoms in total. The van der Waals surface area contributed by atoms with E-state index in [0.29, 0.717) is 18.4 Å². The number of nitriles is 1. The molecule has 0 heterocycles. The number of hydrogen-bond donors (Lipinski definition) is 2. The normalized spacial score (nSPS) is 13.4. The van der Waals surface area contributed by atoms with E-state index in [1.54, 1.807) is 12.1 Å². The van der Waals surface area contributed by atoms with Gasteiger partial charge in [-0.25, -0.2) is 0 Å². The van der Waals surface area contributed by atoms with Crippen LogP contribution in [0.3, 0.4) is 0 Å². The predicted molar refractivity (Wildman–Crippen MR) is 73.3 cm³/mol. The van der Waals surface area contributed by atoms with E-state index in [1.807, 2.05) is 26.0 Å². The number of aliphatic hydroxyl groups excluding tert-OH is 1. The highest BCUT2D eigenvalue weighted by atomic mass is 16.3. The van der Waals surface area contributed by atoms with Gasteiger partial charge in [0.05, 0.1) is 11.6 Å². The third kappa shape index (κ3) is 5.11. The lowest BCUT2D eigenvalue weighted by atomic mass is 10.0. The molecule has 2 atom stereocenters. The summed E-state index contributed by atoms with van der Waals surface area (Å²) in [4.78, 5) is 11.7. The zero-order chi connectivity index (χ0) is 14.3. The largest absolute Gasteiger partial charge is 0.396 e. The number of carbonyl (C=O) groups excluding carboxylic acids is 1. The number of nitrogens with one attached hydrogen (secondary N) is 1. The van der Waals surface area contributed by atoms with Crippen molar-refractivity contribution in [1.82, 2.24) is 5.32 Å². The average molecular weight is 260 g/mol. The van der Waals surface area contributed by atoms with E-state index in [1.165, 1.54) is 0 Å². The summed E-state index contributed by atoms with van der Waals surface area (Å²) in [6.07, 6.45) is 1.06. The Labute approximate surface area is 114 Å².